The Morgan fingerprint density at radius 1 is 0.226 bits per heavy atom. The van der Waals surface area contributed by atoms with Crippen LogP contribution in [0.25, 0.3) is 97.3 Å². The summed E-state index contributed by atoms with van der Waals surface area (Å²) in [7, 11) is 12.5. The molecule has 1 unspecified atom stereocenters. The molecule has 0 saturated heterocycles. The number of ether oxygens (including phenoxy) is 6. The van der Waals surface area contributed by atoms with Crippen LogP contribution in [0.2, 0.25) is 0 Å². The van der Waals surface area contributed by atoms with Crippen molar-refractivity contribution < 1.29 is 84.1 Å². The molecule has 0 heterocycles. The van der Waals surface area contributed by atoms with Crippen molar-refractivity contribution in [2.45, 2.75) is 135 Å². The zero-order chi connectivity index (χ0) is 104. The van der Waals surface area contributed by atoms with Crippen molar-refractivity contribution in [3.63, 3.8) is 0 Å². The number of benzene rings is 14. The molecule has 146 heavy (non-hydrogen) atoms. The van der Waals surface area contributed by atoms with Gasteiger partial charge in [0.1, 0.15) is 78.9 Å². The molecule has 2 aliphatic carbocycles. The number of allylic oxidation sites excluding steroid dienone is 2. The van der Waals surface area contributed by atoms with E-state index in [-0.39, 0.29) is 43.2 Å². The van der Waals surface area contributed by atoms with E-state index < -0.39 is 0 Å². The Kier molecular flexibility index (Phi) is 43.9. The molecule has 0 spiro atoms. The zero-order valence-electron chi connectivity index (χ0n) is 90.1. The van der Waals surface area contributed by atoms with Crippen LogP contribution in [0.3, 0.4) is 0 Å². The first-order chi connectivity index (χ1) is 70.0. The minimum Gasteiger partial charge on any atom is -0.456 e. The molecule has 0 aromatic heterocycles. The fraction of sp³-hybridized carbons (Fsp3) is 0.391. The fourth-order valence-corrected chi connectivity index (χ4v) is 20.3. The van der Waals surface area contributed by atoms with Crippen LogP contribution in [0.4, 0.5) is 0 Å². The van der Waals surface area contributed by atoms with E-state index in [2.05, 4.69) is 186 Å². The van der Waals surface area contributed by atoms with Crippen molar-refractivity contribution in [2.24, 2.45) is 0 Å². The number of esters is 6. The lowest BCUT2D eigenvalue weighted by atomic mass is 9.97. The van der Waals surface area contributed by atoms with E-state index in [0.717, 1.165) is 280 Å². The van der Waals surface area contributed by atoms with Crippen LogP contribution < -0.4 is 0 Å². The second-order valence-electron chi connectivity index (χ2n) is 40.6. The summed E-state index contributed by atoms with van der Waals surface area (Å²) in [6, 6.07) is 88.8. The third kappa shape index (κ3) is 30.5. The molecule has 0 amide bonds. The molecule has 18 nitrogen and oxygen atoms in total. The molecule has 0 bridgehead atoms. The van der Waals surface area contributed by atoms with E-state index in [4.69, 9.17) is 28.4 Å². The predicted molar refractivity (Wildman–Crippen MR) is 608 cm³/mol. The number of nitrogens with zero attached hydrogens (tertiary/aromatic N) is 6. The summed E-state index contributed by atoms with van der Waals surface area (Å²) in [5.41, 5.74) is 8.65. The van der Waals surface area contributed by atoms with Gasteiger partial charge in [0.25, 0.3) is 0 Å². The van der Waals surface area contributed by atoms with Crippen LogP contribution in [-0.2, 0) is 50.9 Å². The third-order valence-corrected chi connectivity index (χ3v) is 29.6. The van der Waals surface area contributed by atoms with E-state index in [1.165, 1.54) is 24.0 Å². The Morgan fingerprint density at radius 3 is 0.644 bits per heavy atom. The van der Waals surface area contributed by atoms with E-state index >= 15 is 0 Å². The highest BCUT2D eigenvalue weighted by molar-refractivity contribution is 6.21. The SMILES string of the molecule is C.CCCC[N+](CC)(CCC)CCOC(=O)c1c2ccccc2cc2ccccc12.CCC[N+](CC)(CCC)CCOC(=O)c1c2ccccc2cc2ccccc12.CC[N+](CC)(CC)CCOC(=O)C1=CCc2ccccc21.CC[N+](CC)(CC)CCOC(=O)c1c2ccccc2cc2ccccc12.C[N+](C)(C)CCOC(=O)C1=CCc2ccccc21.C[N+](C)(C)CCOC(=O)c1c2ccccc2cc2ccccc12. The molecule has 2 aliphatic rings. The van der Waals surface area contributed by atoms with E-state index in [0.29, 0.717) is 67.5 Å². The molecule has 0 radical (unpaired) electrons. The number of unbranched alkanes of at least 4 members (excludes halogenated alkanes) is 1. The maximum Gasteiger partial charge on any atom is 0.339 e. The molecule has 16 rings (SSSR count). The van der Waals surface area contributed by atoms with Crippen LogP contribution in [0, 0.1) is 0 Å². The third-order valence-electron chi connectivity index (χ3n) is 29.6. The van der Waals surface area contributed by atoms with Gasteiger partial charge in [-0.15, -0.1) is 0 Å². The second kappa shape index (κ2) is 55.7. The number of hydrogen-bond donors (Lipinski definition) is 0. The first kappa shape index (κ1) is 115. The van der Waals surface area contributed by atoms with Gasteiger partial charge in [-0.3, -0.25) is 0 Å². The van der Waals surface area contributed by atoms with Gasteiger partial charge in [0, 0.05) is 0 Å². The molecule has 1 atom stereocenters. The van der Waals surface area contributed by atoms with Crippen LogP contribution in [0.1, 0.15) is 186 Å². The summed E-state index contributed by atoms with van der Waals surface area (Å²) in [5.74, 6) is -1.27. The standard InChI is InChI=1S/C26H34NO2.C25H32NO2.C23H28NO2.C20H22NO2.C18H26NO2.C15H20NO2.CH4/c1-4-7-17-27(6-3,16-5-2)18-19-29-26(28)25-23-14-10-8-12-21(23)20-22-13-9-11-15-24(22)25;1-4-15-26(6-3,16-5-2)17-18-28-25(27)24-22-13-9-7-11-20(22)19-21-12-8-10-14-23(21)24;1-4-24(5-2,6-3)15-16-26-23(25)22-20-13-9-7-11-18(20)17-19-12-8-10-14-21(19)22;1-21(2,3)12-13-23-20(22)19-17-10-6-4-8-15(17)14-16-9-5-7-11-18(16)19;1-4-19(5-2,6-3)13-14-21-18(20)17-12-11-15-9-7-8-10-16(15)17;1-16(2,3)10-11-18-15(17)14-9-8-12-6-4-5-7-13(12)14;/h8-15,20H,4-7,16-19H2,1-3H3;7-14,19H,4-6,15-18H2,1-3H3;7-14,17H,4-6,15-16H2,1-3H3;4-11,14H,12-13H2,1-3H3;7-10,12H,4-6,11,13-14H2,1-3H3;4-7,9H,8,10-11H2,1-3H3;1H4/q6*+1;. The lowest BCUT2D eigenvalue weighted by Gasteiger charge is -2.37. The van der Waals surface area contributed by atoms with Gasteiger partial charge in [0.05, 0.1) is 154 Å². The number of carbonyl (C=O) groups excluding carboxylic acids is 6. The Hall–Kier alpha value is -12.8. The maximum atomic E-state index is 13.2. The van der Waals surface area contributed by atoms with Gasteiger partial charge in [-0.25, -0.2) is 28.8 Å². The van der Waals surface area contributed by atoms with Crippen molar-refractivity contribution in [1.82, 2.24) is 0 Å². The minimum atomic E-state index is -0.244. The molecule has 0 saturated carbocycles. The Labute approximate surface area is 870 Å². The summed E-state index contributed by atoms with van der Waals surface area (Å²) in [5, 5.41) is 16.2. The van der Waals surface area contributed by atoms with Crippen molar-refractivity contribution >= 4 is 133 Å². The number of fused-ring (bicyclic) bond motifs is 10. The molecule has 18 heteroatoms. The van der Waals surface area contributed by atoms with E-state index in [9.17, 15) is 28.8 Å². The quantitative estimate of drug-likeness (QED) is 0.0155. The van der Waals surface area contributed by atoms with Crippen LogP contribution in [0.5, 0.6) is 0 Å². The number of quaternary nitrogens is 6. The lowest BCUT2D eigenvalue weighted by molar-refractivity contribution is -0.926. The summed E-state index contributed by atoms with van der Waals surface area (Å²) in [4.78, 5) is 76.3. The van der Waals surface area contributed by atoms with Gasteiger partial charge in [0.2, 0.25) is 0 Å². The molecule has 0 fully saturated rings. The number of carbonyl (C=O) groups is 6. The monoisotopic (exact) mass is 1980 g/mol. The number of rotatable bonds is 41. The highest BCUT2D eigenvalue weighted by Crippen LogP contribution is 2.36. The van der Waals surface area contributed by atoms with Gasteiger partial charge in [-0.2, -0.15) is 0 Å². The first-order valence-electron chi connectivity index (χ1n) is 53.2. The normalized spacial score (nSPS) is 12.6. The van der Waals surface area contributed by atoms with Gasteiger partial charge in [-0.05, 0) is 227 Å². The van der Waals surface area contributed by atoms with Crippen LogP contribution in [0.15, 0.2) is 279 Å². The maximum absolute atomic E-state index is 13.2. The van der Waals surface area contributed by atoms with Gasteiger partial charge in [-0.1, -0.05) is 296 Å². The zero-order valence-corrected chi connectivity index (χ0v) is 90.1. The smallest absolute Gasteiger partial charge is 0.339 e. The molecule has 14 aromatic rings. The van der Waals surface area contributed by atoms with Gasteiger partial charge < -0.3 is 55.3 Å². The molecule has 0 aliphatic heterocycles. The minimum absolute atomic E-state index is 0. The average molecular weight is 1980 g/mol. The largest absolute Gasteiger partial charge is 0.456 e. The molecular formula is C128H166N6O12+6. The summed E-state index contributed by atoms with van der Waals surface area (Å²) in [6.07, 6.45) is 11.5. The molecule has 14 aromatic carbocycles. The van der Waals surface area contributed by atoms with Crippen molar-refractivity contribution in [2.75, 3.05) is 200 Å². The summed E-state index contributed by atoms with van der Waals surface area (Å²) >= 11 is 0. The topological polar surface area (TPSA) is 158 Å². The van der Waals surface area contributed by atoms with E-state index in [1.54, 1.807) is 0 Å². The van der Waals surface area contributed by atoms with Gasteiger partial charge in [0.15, 0.2) is 0 Å². The number of likely N-dealkylation sites (N-methyl/N-ethyl adjacent to an activating group) is 6. The van der Waals surface area contributed by atoms with Crippen molar-refractivity contribution in [3.8, 4) is 0 Å². The molecule has 774 valence electrons. The van der Waals surface area contributed by atoms with Crippen LogP contribution in [-0.4, -0.2) is 262 Å². The first-order valence-corrected chi connectivity index (χ1v) is 53.2. The molecular weight excluding hydrogens is 1810 g/mol. The summed E-state index contributed by atoms with van der Waals surface area (Å²) < 4.78 is 39.5. The highest BCUT2D eigenvalue weighted by Gasteiger charge is 2.32. The summed E-state index contributed by atoms with van der Waals surface area (Å²) in [6.45, 7) is 47.7. The Bertz CT molecular complexity index is 6520. The second-order valence-corrected chi connectivity index (χ2v) is 40.6. The lowest BCUT2D eigenvalue weighted by Crippen LogP contribution is -2.51. The van der Waals surface area contributed by atoms with Crippen molar-refractivity contribution in [1.29, 1.82) is 0 Å². The predicted octanol–water partition coefficient (Wildman–Crippen LogP) is 26.4. The average Bonchev–Trinajstić information content (AvgIpc) is 0.882. The van der Waals surface area contributed by atoms with E-state index in [1.807, 2.05) is 218 Å². The fourth-order valence-electron chi connectivity index (χ4n) is 20.3. The Morgan fingerprint density at radius 2 is 0.425 bits per heavy atom. The van der Waals surface area contributed by atoms with Gasteiger partial charge >= 0.3 is 35.8 Å². The van der Waals surface area contributed by atoms with Crippen molar-refractivity contribution in [3.05, 3.63) is 324 Å². The highest BCUT2D eigenvalue weighted by atomic mass is 16.6. The Balaban J connectivity index is 0.000000180. The molecule has 0 N–H and O–H groups in total. The van der Waals surface area contributed by atoms with Crippen LogP contribution >= 0.6 is 0 Å². The number of hydrogen-bond acceptors (Lipinski definition) is 12.